The molecule has 2 heterocycles. The van der Waals surface area contributed by atoms with Crippen molar-refractivity contribution in [1.82, 2.24) is 14.8 Å². The second kappa shape index (κ2) is 7.90. The van der Waals surface area contributed by atoms with E-state index in [1.165, 1.54) is 31.2 Å². The van der Waals surface area contributed by atoms with Gasteiger partial charge in [-0.15, -0.1) is 10.2 Å². The molecule has 6 heteroatoms. The van der Waals surface area contributed by atoms with Crippen LogP contribution in [0.5, 0.6) is 0 Å². The number of carbonyl (C=O) groups is 1. The van der Waals surface area contributed by atoms with Gasteiger partial charge in [0.1, 0.15) is 0 Å². The monoisotopic (exact) mass is 398 g/mol. The van der Waals surface area contributed by atoms with Gasteiger partial charge in [0.15, 0.2) is 10.9 Å². The Morgan fingerprint density at radius 2 is 1.82 bits per heavy atom. The van der Waals surface area contributed by atoms with Crippen LogP contribution in [0.15, 0.2) is 23.4 Å². The molecule has 1 aromatic carbocycles. The van der Waals surface area contributed by atoms with Gasteiger partial charge in [0.05, 0.1) is 5.25 Å². The van der Waals surface area contributed by atoms with E-state index in [-0.39, 0.29) is 11.0 Å². The SMILES string of the molecule is Cc1ccc(C(=O)C(C)Sc2nnc(N3CCC(C)CC3)n2C2CC2)cc1C. The summed E-state index contributed by atoms with van der Waals surface area (Å²) in [5.74, 6) is 1.95. The lowest BCUT2D eigenvalue weighted by atomic mass is 10.00. The molecule has 2 aliphatic rings. The van der Waals surface area contributed by atoms with Crippen LogP contribution in [0.25, 0.3) is 0 Å². The molecule has 28 heavy (non-hydrogen) atoms. The Balaban J connectivity index is 1.52. The highest BCUT2D eigenvalue weighted by Crippen LogP contribution is 2.42. The Labute approximate surface area is 171 Å². The average Bonchev–Trinajstić information content (AvgIpc) is 3.44. The van der Waals surface area contributed by atoms with Crippen LogP contribution in [0.3, 0.4) is 0 Å². The second-order valence-electron chi connectivity index (χ2n) is 8.48. The molecular weight excluding hydrogens is 368 g/mol. The number of ketones is 1. The van der Waals surface area contributed by atoms with Crippen molar-refractivity contribution in [3.63, 3.8) is 0 Å². The normalized spacial score (nSPS) is 19.1. The van der Waals surface area contributed by atoms with Crippen LogP contribution in [0.1, 0.15) is 67.1 Å². The van der Waals surface area contributed by atoms with E-state index in [1.54, 1.807) is 11.8 Å². The molecule has 0 N–H and O–H groups in total. The fraction of sp³-hybridized carbons (Fsp3) is 0.591. The minimum Gasteiger partial charge on any atom is -0.341 e. The number of carbonyl (C=O) groups excluding carboxylic acids is 1. The fourth-order valence-corrected chi connectivity index (χ4v) is 4.76. The van der Waals surface area contributed by atoms with Crippen LogP contribution >= 0.6 is 11.8 Å². The van der Waals surface area contributed by atoms with Gasteiger partial charge in [-0.2, -0.15) is 0 Å². The quantitative estimate of drug-likeness (QED) is 0.515. The molecule has 1 aliphatic heterocycles. The van der Waals surface area contributed by atoms with Gasteiger partial charge in [0.25, 0.3) is 0 Å². The summed E-state index contributed by atoms with van der Waals surface area (Å²) in [6.07, 6.45) is 4.79. The molecule has 0 spiro atoms. The summed E-state index contributed by atoms with van der Waals surface area (Å²) in [6, 6.07) is 6.46. The number of aromatic nitrogens is 3. The molecule has 2 fully saturated rings. The summed E-state index contributed by atoms with van der Waals surface area (Å²) in [5, 5.41) is 9.75. The molecule has 1 aliphatic carbocycles. The van der Waals surface area contributed by atoms with Crippen LogP contribution in [-0.4, -0.2) is 38.9 Å². The van der Waals surface area contributed by atoms with Gasteiger partial charge in [-0.1, -0.05) is 30.8 Å². The summed E-state index contributed by atoms with van der Waals surface area (Å²) in [7, 11) is 0. The lowest BCUT2D eigenvalue weighted by molar-refractivity contribution is 0.0993. The van der Waals surface area contributed by atoms with Crippen LogP contribution in [0, 0.1) is 19.8 Å². The summed E-state index contributed by atoms with van der Waals surface area (Å²) in [5.41, 5.74) is 3.16. The van der Waals surface area contributed by atoms with Crippen molar-refractivity contribution >= 4 is 23.5 Å². The van der Waals surface area contributed by atoms with Gasteiger partial charge in [-0.25, -0.2) is 0 Å². The minimum atomic E-state index is -0.182. The van der Waals surface area contributed by atoms with Crippen molar-refractivity contribution in [1.29, 1.82) is 0 Å². The Bertz CT molecular complexity index is 865. The van der Waals surface area contributed by atoms with E-state index >= 15 is 0 Å². The first kappa shape index (κ1) is 19.5. The number of Topliss-reactive ketones (excluding diaryl/α,β-unsaturated/α-hetero) is 1. The summed E-state index contributed by atoms with van der Waals surface area (Å²) in [4.78, 5) is 15.3. The number of hydrogen-bond acceptors (Lipinski definition) is 5. The maximum atomic E-state index is 13.0. The van der Waals surface area contributed by atoms with E-state index in [2.05, 4.69) is 40.4 Å². The van der Waals surface area contributed by atoms with Crippen molar-refractivity contribution in [2.75, 3.05) is 18.0 Å². The zero-order chi connectivity index (χ0) is 19.8. The number of anilines is 1. The van der Waals surface area contributed by atoms with Crippen LogP contribution < -0.4 is 4.90 Å². The van der Waals surface area contributed by atoms with Crippen LogP contribution in [0.2, 0.25) is 0 Å². The van der Waals surface area contributed by atoms with Crippen LogP contribution in [-0.2, 0) is 0 Å². The van der Waals surface area contributed by atoms with Crippen molar-refractivity contribution in [3.05, 3.63) is 34.9 Å². The van der Waals surface area contributed by atoms with Crippen molar-refractivity contribution < 1.29 is 4.79 Å². The zero-order valence-electron chi connectivity index (χ0n) is 17.3. The molecule has 1 aromatic heterocycles. The lowest BCUT2D eigenvalue weighted by Gasteiger charge is -2.31. The Morgan fingerprint density at radius 1 is 1.11 bits per heavy atom. The molecule has 5 nitrogen and oxygen atoms in total. The maximum Gasteiger partial charge on any atom is 0.228 e. The van der Waals surface area contributed by atoms with E-state index in [0.29, 0.717) is 6.04 Å². The van der Waals surface area contributed by atoms with Crippen LogP contribution in [0.4, 0.5) is 5.95 Å². The molecule has 150 valence electrons. The lowest BCUT2D eigenvalue weighted by Crippen LogP contribution is -2.34. The summed E-state index contributed by atoms with van der Waals surface area (Å²) < 4.78 is 2.30. The molecule has 1 unspecified atom stereocenters. The minimum absolute atomic E-state index is 0.159. The first-order valence-electron chi connectivity index (χ1n) is 10.4. The third-order valence-corrected chi connectivity index (χ3v) is 7.12. The molecule has 2 aromatic rings. The number of piperidine rings is 1. The zero-order valence-corrected chi connectivity index (χ0v) is 18.1. The molecule has 0 radical (unpaired) electrons. The molecule has 4 rings (SSSR count). The van der Waals surface area contributed by atoms with E-state index in [9.17, 15) is 4.79 Å². The highest BCUT2D eigenvalue weighted by atomic mass is 32.2. The highest BCUT2D eigenvalue weighted by Gasteiger charge is 2.33. The topological polar surface area (TPSA) is 51.0 Å². The van der Waals surface area contributed by atoms with Crippen molar-refractivity contribution in [2.24, 2.45) is 5.92 Å². The third-order valence-electron chi connectivity index (χ3n) is 6.07. The summed E-state index contributed by atoms with van der Waals surface area (Å²) >= 11 is 1.55. The standard InChI is InChI=1S/C22H30N4OS/c1-14-9-11-25(12-10-14)21-23-24-22(26(21)19-7-8-19)28-17(4)20(27)18-6-5-15(2)16(3)13-18/h5-6,13-14,17,19H,7-12H2,1-4H3. The van der Waals surface area contributed by atoms with Crippen molar-refractivity contribution in [2.45, 2.75) is 69.8 Å². The largest absolute Gasteiger partial charge is 0.341 e. The number of hydrogen-bond donors (Lipinski definition) is 0. The maximum absolute atomic E-state index is 13.0. The van der Waals surface area contributed by atoms with Crippen molar-refractivity contribution in [3.8, 4) is 0 Å². The average molecular weight is 399 g/mol. The first-order valence-corrected chi connectivity index (χ1v) is 11.3. The third kappa shape index (κ3) is 3.97. The molecular formula is C22H30N4OS. The van der Waals surface area contributed by atoms with Gasteiger partial charge < -0.3 is 4.90 Å². The molecule has 1 saturated carbocycles. The fourth-order valence-electron chi connectivity index (χ4n) is 3.77. The predicted molar refractivity (Wildman–Crippen MR) is 114 cm³/mol. The number of rotatable bonds is 6. The van der Waals surface area contributed by atoms with Gasteiger partial charge in [0, 0.05) is 24.7 Å². The first-order chi connectivity index (χ1) is 13.4. The molecule has 1 atom stereocenters. The number of thioether (sulfide) groups is 1. The molecule has 1 saturated heterocycles. The Morgan fingerprint density at radius 3 is 2.46 bits per heavy atom. The number of aryl methyl sites for hydroxylation is 2. The molecule has 0 amide bonds. The Kier molecular flexibility index (Phi) is 5.50. The predicted octanol–water partition coefficient (Wildman–Crippen LogP) is 4.83. The van der Waals surface area contributed by atoms with E-state index in [4.69, 9.17) is 0 Å². The molecule has 0 bridgehead atoms. The second-order valence-corrected chi connectivity index (χ2v) is 9.78. The smallest absolute Gasteiger partial charge is 0.228 e. The summed E-state index contributed by atoms with van der Waals surface area (Å²) in [6.45, 7) is 10.5. The van der Waals surface area contributed by atoms with Gasteiger partial charge >= 0.3 is 0 Å². The van der Waals surface area contributed by atoms with Gasteiger partial charge in [0.2, 0.25) is 5.95 Å². The Hall–Kier alpha value is -1.82. The van der Waals surface area contributed by atoms with Gasteiger partial charge in [-0.3, -0.25) is 9.36 Å². The van der Waals surface area contributed by atoms with E-state index < -0.39 is 0 Å². The number of nitrogens with zero attached hydrogens (tertiary/aromatic N) is 4. The highest BCUT2D eigenvalue weighted by molar-refractivity contribution is 8.00. The van der Waals surface area contributed by atoms with E-state index in [1.807, 2.05) is 25.1 Å². The number of benzene rings is 1. The van der Waals surface area contributed by atoms with Gasteiger partial charge in [-0.05, 0) is 69.6 Å². The van der Waals surface area contributed by atoms with E-state index in [0.717, 1.165) is 41.2 Å².